The molecule has 3 aromatic rings. The first kappa shape index (κ1) is 18.1. The molecule has 1 heterocycles. The van der Waals surface area contributed by atoms with Crippen LogP contribution in [0.15, 0.2) is 47.4 Å². The van der Waals surface area contributed by atoms with Gasteiger partial charge >= 0.3 is 5.97 Å². The van der Waals surface area contributed by atoms with Crippen LogP contribution in [0.1, 0.15) is 22.8 Å². The average Bonchev–Trinajstić information content (AvgIpc) is 2.61. The standard InChI is InChI=1S/C19H14ClF2NO3/c1-2-26-19(25)14-10-23(9-11-3-5-12(21)6-4-11)17-8-15(20)16(22)7-13(17)18(14)24/h3-8,10H,2,9H2,1H3. The summed E-state index contributed by atoms with van der Waals surface area (Å²) in [7, 11) is 0. The molecule has 2 aromatic carbocycles. The highest BCUT2D eigenvalue weighted by Gasteiger charge is 2.18. The van der Waals surface area contributed by atoms with E-state index in [0.29, 0.717) is 5.52 Å². The third kappa shape index (κ3) is 3.46. The number of rotatable bonds is 4. The Labute approximate surface area is 152 Å². The molecule has 4 nitrogen and oxygen atoms in total. The number of ether oxygens (including phenoxy) is 1. The first-order chi connectivity index (χ1) is 12.4. The molecule has 0 aliphatic carbocycles. The van der Waals surface area contributed by atoms with E-state index in [1.165, 1.54) is 24.4 Å². The van der Waals surface area contributed by atoms with Crippen LogP contribution in [0.3, 0.4) is 0 Å². The number of hydrogen-bond acceptors (Lipinski definition) is 3. The number of benzene rings is 2. The van der Waals surface area contributed by atoms with Crippen molar-refractivity contribution >= 4 is 28.5 Å². The fourth-order valence-electron chi connectivity index (χ4n) is 2.66. The zero-order chi connectivity index (χ0) is 18.8. The Morgan fingerprint density at radius 3 is 2.54 bits per heavy atom. The Morgan fingerprint density at radius 2 is 1.88 bits per heavy atom. The highest BCUT2D eigenvalue weighted by atomic mass is 35.5. The number of carbonyl (C=O) groups is 1. The van der Waals surface area contributed by atoms with Gasteiger partial charge in [0.25, 0.3) is 0 Å². The monoisotopic (exact) mass is 377 g/mol. The van der Waals surface area contributed by atoms with Crippen LogP contribution in [0, 0.1) is 11.6 Å². The van der Waals surface area contributed by atoms with Gasteiger partial charge in [-0.2, -0.15) is 0 Å². The van der Waals surface area contributed by atoms with E-state index in [0.717, 1.165) is 11.6 Å². The normalized spacial score (nSPS) is 10.9. The van der Waals surface area contributed by atoms with Gasteiger partial charge in [0, 0.05) is 18.1 Å². The third-order valence-electron chi connectivity index (χ3n) is 3.88. The minimum Gasteiger partial charge on any atom is -0.462 e. The predicted octanol–water partition coefficient (Wildman–Crippen LogP) is 4.16. The van der Waals surface area contributed by atoms with Gasteiger partial charge in [0.1, 0.15) is 17.2 Å². The molecule has 0 radical (unpaired) electrons. The van der Waals surface area contributed by atoms with E-state index >= 15 is 0 Å². The summed E-state index contributed by atoms with van der Waals surface area (Å²) in [6.07, 6.45) is 1.35. The zero-order valence-electron chi connectivity index (χ0n) is 13.8. The molecule has 0 bridgehead atoms. The zero-order valence-corrected chi connectivity index (χ0v) is 14.5. The van der Waals surface area contributed by atoms with Crippen molar-refractivity contribution in [3.8, 4) is 0 Å². The average molecular weight is 378 g/mol. The molecule has 7 heteroatoms. The van der Waals surface area contributed by atoms with Gasteiger partial charge in [0.05, 0.1) is 17.1 Å². The predicted molar refractivity (Wildman–Crippen MR) is 94.6 cm³/mol. The van der Waals surface area contributed by atoms with Gasteiger partial charge in [0.15, 0.2) is 0 Å². The molecule has 0 spiro atoms. The van der Waals surface area contributed by atoms with Gasteiger partial charge in [0.2, 0.25) is 5.43 Å². The summed E-state index contributed by atoms with van der Waals surface area (Å²) in [5.74, 6) is -1.93. The molecule has 0 N–H and O–H groups in total. The number of nitrogens with zero attached hydrogens (tertiary/aromatic N) is 1. The van der Waals surface area contributed by atoms with E-state index < -0.39 is 17.2 Å². The lowest BCUT2D eigenvalue weighted by atomic mass is 10.1. The fraction of sp³-hybridized carbons (Fsp3) is 0.158. The van der Waals surface area contributed by atoms with Crippen molar-refractivity contribution in [2.24, 2.45) is 0 Å². The van der Waals surface area contributed by atoms with E-state index in [1.807, 2.05) is 0 Å². The molecule has 0 saturated heterocycles. The largest absolute Gasteiger partial charge is 0.462 e. The molecule has 0 amide bonds. The first-order valence-corrected chi connectivity index (χ1v) is 8.22. The molecule has 0 aliphatic heterocycles. The highest BCUT2D eigenvalue weighted by molar-refractivity contribution is 6.31. The number of halogens is 3. The van der Waals surface area contributed by atoms with E-state index in [4.69, 9.17) is 16.3 Å². The molecule has 134 valence electrons. The van der Waals surface area contributed by atoms with Gasteiger partial charge in [-0.15, -0.1) is 0 Å². The van der Waals surface area contributed by atoms with Crippen molar-refractivity contribution < 1.29 is 18.3 Å². The molecule has 0 unspecified atom stereocenters. The lowest BCUT2D eigenvalue weighted by Crippen LogP contribution is -2.21. The first-order valence-electron chi connectivity index (χ1n) is 7.84. The lowest BCUT2D eigenvalue weighted by molar-refractivity contribution is 0.0524. The van der Waals surface area contributed by atoms with E-state index in [1.54, 1.807) is 23.6 Å². The van der Waals surface area contributed by atoms with E-state index in [9.17, 15) is 18.4 Å². The summed E-state index contributed by atoms with van der Waals surface area (Å²) in [5.41, 5.74) is 0.248. The quantitative estimate of drug-likeness (QED) is 0.641. The Balaban J connectivity index is 2.23. The van der Waals surface area contributed by atoms with Crippen LogP contribution in [0.5, 0.6) is 0 Å². The molecule has 3 rings (SSSR count). The Hall–Kier alpha value is -2.73. The molecule has 0 fully saturated rings. The molecule has 1 aromatic heterocycles. The number of esters is 1. The van der Waals surface area contributed by atoms with Crippen LogP contribution >= 0.6 is 11.6 Å². The molecule has 0 saturated carbocycles. The van der Waals surface area contributed by atoms with Gasteiger partial charge in [-0.25, -0.2) is 13.6 Å². The molecule has 26 heavy (non-hydrogen) atoms. The van der Waals surface area contributed by atoms with Crippen molar-refractivity contribution in [1.29, 1.82) is 0 Å². The molecule has 0 aliphatic rings. The second-order valence-electron chi connectivity index (χ2n) is 5.63. The Bertz CT molecular complexity index is 1050. The number of hydrogen-bond donors (Lipinski definition) is 0. The molecular formula is C19H14ClF2NO3. The summed E-state index contributed by atoms with van der Waals surface area (Å²) in [6.45, 7) is 1.95. The SMILES string of the molecule is CCOC(=O)c1cn(Cc2ccc(F)cc2)c2cc(Cl)c(F)cc2c1=O. The number of carbonyl (C=O) groups excluding carboxylic acids is 1. The topological polar surface area (TPSA) is 48.3 Å². The summed E-state index contributed by atoms with van der Waals surface area (Å²) in [4.78, 5) is 24.7. The second-order valence-corrected chi connectivity index (χ2v) is 6.04. The molecule has 0 atom stereocenters. The van der Waals surface area contributed by atoms with Crippen molar-refractivity contribution in [1.82, 2.24) is 4.57 Å². The maximum absolute atomic E-state index is 13.9. The highest BCUT2D eigenvalue weighted by Crippen LogP contribution is 2.22. The van der Waals surface area contributed by atoms with Crippen LogP contribution in [0.2, 0.25) is 5.02 Å². The third-order valence-corrected chi connectivity index (χ3v) is 4.17. The number of pyridine rings is 1. The summed E-state index contributed by atoms with van der Waals surface area (Å²) >= 11 is 5.86. The van der Waals surface area contributed by atoms with Crippen LogP contribution in [0.4, 0.5) is 8.78 Å². The van der Waals surface area contributed by atoms with Crippen molar-refractivity contribution in [3.05, 3.63) is 80.6 Å². The van der Waals surface area contributed by atoms with Crippen LogP contribution < -0.4 is 5.43 Å². The summed E-state index contributed by atoms with van der Waals surface area (Å²) in [6, 6.07) is 8.09. The van der Waals surface area contributed by atoms with Gasteiger partial charge < -0.3 is 9.30 Å². The summed E-state index contributed by atoms with van der Waals surface area (Å²) < 4.78 is 33.5. The summed E-state index contributed by atoms with van der Waals surface area (Å²) in [5, 5.41) is -0.131. The Morgan fingerprint density at radius 1 is 1.19 bits per heavy atom. The Kier molecular flexibility index (Phi) is 5.04. The van der Waals surface area contributed by atoms with Crippen LogP contribution in [0.25, 0.3) is 10.9 Å². The number of fused-ring (bicyclic) bond motifs is 1. The molecular weight excluding hydrogens is 364 g/mol. The number of aromatic nitrogens is 1. The maximum atomic E-state index is 13.9. The fourth-order valence-corrected chi connectivity index (χ4v) is 2.81. The van der Waals surface area contributed by atoms with Gasteiger partial charge in [-0.05, 0) is 36.8 Å². The van der Waals surface area contributed by atoms with Crippen LogP contribution in [-0.2, 0) is 11.3 Å². The van der Waals surface area contributed by atoms with E-state index in [-0.39, 0.29) is 34.9 Å². The smallest absolute Gasteiger partial charge is 0.343 e. The van der Waals surface area contributed by atoms with E-state index in [2.05, 4.69) is 0 Å². The van der Waals surface area contributed by atoms with Crippen molar-refractivity contribution in [3.63, 3.8) is 0 Å². The van der Waals surface area contributed by atoms with Crippen molar-refractivity contribution in [2.75, 3.05) is 6.61 Å². The van der Waals surface area contributed by atoms with Crippen molar-refractivity contribution in [2.45, 2.75) is 13.5 Å². The minimum absolute atomic E-state index is 0.0135. The van der Waals surface area contributed by atoms with Gasteiger partial charge in [-0.1, -0.05) is 23.7 Å². The van der Waals surface area contributed by atoms with Crippen LogP contribution in [-0.4, -0.2) is 17.1 Å². The minimum atomic E-state index is -0.789. The lowest BCUT2D eigenvalue weighted by Gasteiger charge is -2.14. The van der Waals surface area contributed by atoms with Gasteiger partial charge in [-0.3, -0.25) is 4.79 Å². The second kappa shape index (κ2) is 7.25. The maximum Gasteiger partial charge on any atom is 0.343 e.